The van der Waals surface area contributed by atoms with Crippen LogP contribution in [0.15, 0.2) is 18.2 Å². The summed E-state index contributed by atoms with van der Waals surface area (Å²) in [5.41, 5.74) is 7.74. The van der Waals surface area contributed by atoms with Gasteiger partial charge in [0.05, 0.1) is 14.2 Å². The van der Waals surface area contributed by atoms with Crippen molar-refractivity contribution < 1.29 is 9.47 Å². The first-order valence-corrected chi connectivity index (χ1v) is 6.17. The number of methoxy groups -OCH3 is 2. The average Bonchev–Trinajstić information content (AvgIpc) is 2.72. The van der Waals surface area contributed by atoms with Crippen LogP contribution in [0.3, 0.4) is 0 Å². The van der Waals surface area contributed by atoms with E-state index in [1.165, 1.54) is 0 Å². The molecule has 0 saturated heterocycles. The third kappa shape index (κ3) is 2.23. The molecule has 0 aliphatic rings. The van der Waals surface area contributed by atoms with Crippen molar-refractivity contribution in [2.45, 2.75) is 20.4 Å². The van der Waals surface area contributed by atoms with Crippen LogP contribution < -0.4 is 15.2 Å². The predicted molar refractivity (Wildman–Crippen MR) is 75.6 cm³/mol. The molecule has 0 unspecified atom stereocenters. The summed E-state index contributed by atoms with van der Waals surface area (Å²) in [6.07, 6.45) is 0. The molecule has 5 heteroatoms. The van der Waals surface area contributed by atoms with Gasteiger partial charge in [0.25, 0.3) is 0 Å². The fourth-order valence-electron chi connectivity index (χ4n) is 2.18. The number of aromatic nitrogens is 2. The maximum atomic E-state index is 6.17. The number of nitrogens with two attached hydrogens (primary N) is 1. The molecule has 0 aliphatic carbocycles. The number of nitrogen functional groups attached to an aromatic ring is 1. The SMILES string of the molecule is CCn1c(C)nc(-c2cc(OC)ccc2OC)c1N. The van der Waals surface area contributed by atoms with Crippen molar-refractivity contribution in [2.75, 3.05) is 20.0 Å². The van der Waals surface area contributed by atoms with Crippen molar-refractivity contribution >= 4 is 5.82 Å². The molecular weight excluding hydrogens is 242 g/mol. The van der Waals surface area contributed by atoms with Crippen molar-refractivity contribution in [3.05, 3.63) is 24.0 Å². The van der Waals surface area contributed by atoms with Gasteiger partial charge >= 0.3 is 0 Å². The van der Waals surface area contributed by atoms with Gasteiger partial charge in [0, 0.05) is 12.1 Å². The first kappa shape index (κ1) is 13.3. The lowest BCUT2D eigenvalue weighted by Gasteiger charge is -2.09. The summed E-state index contributed by atoms with van der Waals surface area (Å²) in [5, 5.41) is 0. The monoisotopic (exact) mass is 261 g/mol. The highest BCUT2D eigenvalue weighted by Gasteiger charge is 2.17. The van der Waals surface area contributed by atoms with E-state index in [9.17, 15) is 0 Å². The largest absolute Gasteiger partial charge is 0.497 e. The van der Waals surface area contributed by atoms with Crippen LogP contribution in [0.1, 0.15) is 12.7 Å². The Morgan fingerprint density at radius 1 is 1.26 bits per heavy atom. The number of hydrogen-bond donors (Lipinski definition) is 1. The van der Waals surface area contributed by atoms with E-state index in [-0.39, 0.29) is 0 Å². The number of anilines is 1. The van der Waals surface area contributed by atoms with E-state index in [0.29, 0.717) is 5.82 Å². The molecule has 1 heterocycles. The van der Waals surface area contributed by atoms with E-state index < -0.39 is 0 Å². The topological polar surface area (TPSA) is 62.3 Å². The zero-order valence-electron chi connectivity index (χ0n) is 11.7. The van der Waals surface area contributed by atoms with Crippen LogP contribution in [0.4, 0.5) is 5.82 Å². The normalized spacial score (nSPS) is 10.5. The summed E-state index contributed by atoms with van der Waals surface area (Å²) in [7, 11) is 3.26. The Kier molecular flexibility index (Phi) is 3.64. The first-order valence-electron chi connectivity index (χ1n) is 6.17. The lowest BCUT2D eigenvalue weighted by molar-refractivity contribution is 0.404. The highest BCUT2D eigenvalue weighted by molar-refractivity contribution is 5.77. The minimum atomic E-state index is 0.645. The van der Waals surface area contributed by atoms with Gasteiger partial charge < -0.3 is 19.8 Å². The van der Waals surface area contributed by atoms with Gasteiger partial charge in [0.1, 0.15) is 28.8 Å². The zero-order chi connectivity index (χ0) is 14.0. The number of rotatable bonds is 4. The molecule has 2 aromatic rings. The molecule has 0 bridgehead atoms. The fourth-order valence-corrected chi connectivity index (χ4v) is 2.18. The minimum absolute atomic E-state index is 0.645. The van der Waals surface area contributed by atoms with Gasteiger partial charge in [-0.15, -0.1) is 0 Å². The van der Waals surface area contributed by atoms with Crippen molar-refractivity contribution in [2.24, 2.45) is 0 Å². The van der Waals surface area contributed by atoms with E-state index in [2.05, 4.69) is 4.98 Å². The fraction of sp³-hybridized carbons (Fsp3) is 0.357. The van der Waals surface area contributed by atoms with Crippen molar-refractivity contribution in [1.29, 1.82) is 0 Å². The summed E-state index contributed by atoms with van der Waals surface area (Å²) >= 11 is 0. The van der Waals surface area contributed by atoms with Crippen LogP contribution in [0.5, 0.6) is 11.5 Å². The van der Waals surface area contributed by atoms with E-state index in [0.717, 1.165) is 35.1 Å². The molecule has 0 amide bonds. The van der Waals surface area contributed by atoms with Gasteiger partial charge in [-0.25, -0.2) is 4.98 Å². The van der Waals surface area contributed by atoms with Gasteiger partial charge in [0.2, 0.25) is 0 Å². The van der Waals surface area contributed by atoms with Gasteiger partial charge in [0.15, 0.2) is 0 Å². The van der Waals surface area contributed by atoms with Gasteiger partial charge in [-0.05, 0) is 32.0 Å². The molecule has 0 fully saturated rings. The molecule has 1 aromatic heterocycles. The second kappa shape index (κ2) is 5.22. The number of aryl methyl sites for hydroxylation is 1. The van der Waals surface area contributed by atoms with Crippen LogP contribution >= 0.6 is 0 Å². The molecule has 102 valence electrons. The van der Waals surface area contributed by atoms with Gasteiger partial charge in [-0.2, -0.15) is 0 Å². The zero-order valence-corrected chi connectivity index (χ0v) is 11.7. The summed E-state index contributed by atoms with van der Waals surface area (Å²) in [6, 6.07) is 5.59. The predicted octanol–water partition coefficient (Wildman–Crippen LogP) is 2.48. The Balaban J connectivity index is 2.63. The molecule has 2 rings (SSSR count). The van der Waals surface area contributed by atoms with Crippen LogP contribution in [-0.4, -0.2) is 23.8 Å². The van der Waals surface area contributed by atoms with Crippen LogP contribution in [0.2, 0.25) is 0 Å². The highest BCUT2D eigenvalue weighted by atomic mass is 16.5. The maximum Gasteiger partial charge on any atom is 0.131 e. The molecule has 0 atom stereocenters. The Morgan fingerprint density at radius 2 is 2.00 bits per heavy atom. The van der Waals surface area contributed by atoms with Gasteiger partial charge in [-0.3, -0.25) is 0 Å². The second-order valence-electron chi connectivity index (χ2n) is 4.20. The smallest absolute Gasteiger partial charge is 0.131 e. The Labute approximate surface area is 113 Å². The molecule has 0 saturated carbocycles. The molecule has 1 aromatic carbocycles. The summed E-state index contributed by atoms with van der Waals surface area (Å²) in [4.78, 5) is 4.54. The third-order valence-corrected chi connectivity index (χ3v) is 3.18. The molecule has 19 heavy (non-hydrogen) atoms. The van der Waals surface area contributed by atoms with Crippen LogP contribution in [0, 0.1) is 6.92 Å². The minimum Gasteiger partial charge on any atom is -0.497 e. The number of imidazole rings is 1. The molecular formula is C14H19N3O2. The van der Waals surface area contributed by atoms with E-state index >= 15 is 0 Å². The quantitative estimate of drug-likeness (QED) is 0.918. The number of ether oxygens (including phenoxy) is 2. The number of nitrogens with zero attached hydrogens (tertiary/aromatic N) is 2. The van der Waals surface area contributed by atoms with Crippen LogP contribution in [0.25, 0.3) is 11.3 Å². The average molecular weight is 261 g/mol. The van der Waals surface area contributed by atoms with E-state index in [1.54, 1.807) is 14.2 Å². The maximum absolute atomic E-state index is 6.17. The Morgan fingerprint density at radius 3 is 2.53 bits per heavy atom. The van der Waals surface area contributed by atoms with Gasteiger partial charge in [-0.1, -0.05) is 0 Å². The van der Waals surface area contributed by atoms with E-state index in [4.69, 9.17) is 15.2 Å². The molecule has 0 aliphatic heterocycles. The third-order valence-electron chi connectivity index (χ3n) is 3.18. The first-order chi connectivity index (χ1) is 9.12. The Hall–Kier alpha value is -2.17. The molecule has 0 radical (unpaired) electrons. The second-order valence-corrected chi connectivity index (χ2v) is 4.20. The molecule has 5 nitrogen and oxygen atoms in total. The summed E-state index contributed by atoms with van der Waals surface area (Å²) in [5.74, 6) is 3.01. The highest BCUT2D eigenvalue weighted by Crippen LogP contribution is 2.36. The standard InChI is InChI=1S/C14H19N3O2/c1-5-17-9(2)16-13(14(17)15)11-8-10(18-3)6-7-12(11)19-4/h6-8H,5,15H2,1-4H3. The summed E-state index contributed by atoms with van der Waals surface area (Å²) < 4.78 is 12.6. The summed E-state index contributed by atoms with van der Waals surface area (Å²) in [6.45, 7) is 4.77. The molecule has 2 N–H and O–H groups in total. The molecule has 0 spiro atoms. The van der Waals surface area contributed by atoms with Crippen molar-refractivity contribution in [1.82, 2.24) is 9.55 Å². The number of benzene rings is 1. The van der Waals surface area contributed by atoms with Crippen molar-refractivity contribution in [3.8, 4) is 22.8 Å². The lowest BCUT2D eigenvalue weighted by Crippen LogP contribution is -2.02. The lowest BCUT2D eigenvalue weighted by atomic mass is 10.1. The van der Waals surface area contributed by atoms with E-state index in [1.807, 2.05) is 36.6 Å². The number of hydrogen-bond acceptors (Lipinski definition) is 4. The van der Waals surface area contributed by atoms with Crippen molar-refractivity contribution in [3.63, 3.8) is 0 Å². The Bertz CT molecular complexity index is 591. The van der Waals surface area contributed by atoms with Crippen LogP contribution in [-0.2, 0) is 6.54 Å².